The largest absolute Gasteiger partial charge is 0.477 e. The Hall–Kier alpha value is -0.950. The highest BCUT2D eigenvalue weighted by atomic mass is 35.5. The average molecular weight is 169 g/mol. The first-order valence-electron chi connectivity index (χ1n) is 3.28. The minimum absolute atomic E-state index is 0.171. The summed E-state index contributed by atoms with van der Waals surface area (Å²) in [6.45, 7) is 3.65. The van der Waals surface area contributed by atoms with Crippen LogP contribution >= 0.6 is 11.6 Å². The number of rotatable bonds is 3. The first-order valence-corrected chi connectivity index (χ1v) is 3.82. The molecule has 0 aliphatic heterocycles. The van der Waals surface area contributed by atoms with Gasteiger partial charge in [0.05, 0.1) is 0 Å². The molecule has 0 bridgehead atoms. The van der Waals surface area contributed by atoms with Crippen molar-refractivity contribution in [3.05, 3.63) is 36.4 Å². The van der Waals surface area contributed by atoms with Crippen molar-refractivity contribution >= 4 is 17.7 Å². The summed E-state index contributed by atoms with van der Waals surface area (Å²) in [5, 5.41) is 0. The monoisotopic (exact) mass is 168 g/mol. The van der Waals surface area contributed by atoms with Gasteiger partial charge in [0.25, 0.3) is 0 Å². The molecule has 0 saturated carbocycles. The van der Waals surface area contributed by atoms with Crippen molar-refractivity contribution in [1.82, 2.24) is 0 Å². The third-order valence-corrected chi connectivity index (χ3v) is 1.46. The Morgan fingerprint density at radius 2 is 2.18 bits per heavy atom. The van der Waals surface area contributed by atoms with E-state index in [-0.39, 0.29) is 6.07 Å². The summed E-state index contributed by atoms with van der Waals surface area (Å²) >= 11 is 5.41. The predicted molar refractivity (Wildman–Crippen MR) is 47.9 cm³/mol. The van der Waals surface area contributed by atoms with Crippen LogP contribution in [0.5, 0.6) is 5.75 Å². The van der Waals surface area contributed by atoms with Crippen LogP contribution in [0, 0.1) is 0 Å². The number of halogens is 1. The lowest BCUT2D eigenvalue weighted by atomic mass is 10.2. The van der Waals surface area contributed by atoms with E-state index in [4.69, 9.17) is 16.3 Å². The van der Waals surface area contributed by atoms with Crippen LogP contribution in [0.2, 0.25) is 0 Å². The van der Waals surface area contributed by atoms with Crippen LogP contribution in [0.25, 0.3) is 6.08 Å². The lowest BCUT2D eigenvalue weighted by Gasteiger charge is -2.04. The molecule has 58 valence electrons. The predicted octanol–water partition coefficient (Wildman–Crippen LogP) is 2.90. The van der Waals surface area contributed by atoms with E-state index in [0.29, 0.717) is 0 Å². The molecule has 11 heavy (non-hydrogen) atoms. The number of para-hydroxylation sites is 1. The molecule has 0 saturated heterocycles. The van der Waals surface area contributed by atoms with Crippen molar-refractivity contribution in [1.29, 1.82) is 0 Å². The molecule has 2 heteroatoms. The highest BCUT2D eigenvalue weighted by Crippen LogP contribution is 2.18. The fourth-order valence-corrected chi connectivity index (χ4v) is 0.957. The van der Waals surface area contributed by atoms with Gasteiger partial charge in [0.15, 0.2) is 6.07 Å². The van der Waals surface area contributed by atoms with E-state index in [1.54, 1.807) is 6.08 Å². The molecule has 0 N–H and O–H groups in total. The molecule has 0 spiro atoms. The SMILES string of the molecule is C=Cc1ccccc1OCCl. The average Bonchev–Trinajstić information content (AvgIpc) is 2.06. The number of benzene rings is 1. The van der Waals surface area contributed by atoms with E-state index < -0.39 is 0 Å². The van der Waals surface area contributed by atoms with Crippen molar-refractivity contribution in [2.75, 3.05) is 6.07 Å². The molecule has 0 aliphatic rings. The van der Waals surface area contributed by atoms with Crippen LogP contribution in [-0.2, 0) is 0 Å². The van der Waals surface area contributed by atoms with Gasteiger partial charge in [-0.1, -0.05) is 42.5 Å². The Labute approximate surface area is 71.3 Å². The number of hydrogen-bond acceptors (Lipinski definition) is 1. The van der Waals surface area contributed by atoms with E-state index in [2.05, 4.69) is 6.58 Å². The fraction of sp³-hybridized carbons (Fsp3) is 0.111. The highest BCUT2D eigenvalue weighted by molar-refractivity contribution is 6.17. The van der Waals surface area contributed by atoms with Gasteiger partial charge in [0.2, 0.25) is 0 Å². The maximum absolute atomic E-state index is 5.41. The highest BCUT2D eigenvalue weighted by Gasteiger charge is 1.95. The molecule has 0 radical (unpaired) electrons. The Morgan fingerprint density at radius 1 is 1.45 bits per heavy atom. The zero-order valence-corrected chi connectivity index (χ0v) is 6.84. The van der Waals surface area contributed by atoms with Crippen LogP contribution < -0.4 is 4.74 Å². The second-order valence-corrected chi connectivity index (χ2v) is 2.21. The summed E-state index contributed by atoms with van der Waals surface area (Å²) < 4.78 is 5.12. The van der Waals surface area contributed by atoms with Gasteiger partial charge in [-0.3, -0.25) is 0 Å². The molecule has 1 nitrogen and oxygen atoms in total. The smallest absolute Gasteiger partial charge is 0.162 e. The molecular weight excluding hydrogens is 160 g/mol. The van der Waals surface area contributed by atoms with Crippen LogP contribution in [0.1, 0.15) is 5.56 Å². The Bertz CT molecular complexity index is 245. The molecule has 1 aromatic carbocycles. The summed E-state index contributed by atoms with van der Waals surface area (Å²) in [5.74, 6) is 0.775. The molecule has 0 unspecified atom stereocenters. The van der Waals surface area contributed by atoms with Crippen molar-refractivity contribution in [2.45, 2.75) is 0 Å². The zero-order valence-electron chi connectivity index (χ0n) is 6.09. The van der Waals surface area contributed by atoms with Crippen molar-refractivity contribution < 1.29 is 4.74 Å². The van der Waals surface area contributed by atoms with Gasteiger partial charge in [0, 0.05) is 5.56 Å². The van der Waals surface area contributed by atoms with Gasteiger partial charge in [-0.05, 0) is 6.07 Å². The molecule has 0 fully saturated rings. The molecule has 1 rings (SSSR count). The number of hydrogen-bond donors (Lipinski definition) is 0. The number of ether oxygens (including phenoxy) is 1. The third kappa shape index (κ3) is 1.99. The molecule has 0 aromatic heterocycles. The summed E-state index contributed by atoms with van der Waals surface area (Å²) in [7, 11) is 0. The summed E-state index contributed by atoms with van der Waals surface area (Å²) in [6.07, 6.45) is 1.74. The van der Waals surface area contributed by atoms with Gasteiger partial charge in [-0.15, -0.1) is 0 Å². The molecule has 0 heterocycles. The molecule has 0 aliphatic carbocycles. The minimum Gasteiger partial charge on any atom is -0.477 e. The molecule has 0 amide bonds. The zero-order chi connectivity index (χ0) is 8.10. The lowest BCUT2D eigenvalue weighted by molar-refractivity contribution is 0.387. The van der Waals surface area contributed by atoms with E-state index in [1.165, 1.54) is 0 Å². The van der Waals surface area contributed by atoms with E-state index in [1.807, 2.05) is 24.3 Å². The van der Waals surface area contributed by atoms with Gasteiger partial charge < -0.3 is 4.74 Å². The quantitative estimate of drug-likeness (QED) is 0.631. The Kier molecular flexibility index (Phi) is 2.99. The van der Waals surface area contributed by atoms with Gasteiger partial charge in [-0.25, -0.2) is 0 Å². The summed E-state index contributed by atoms with van der Waals surface area (Å²) in [4.78, 5) is 0. The number of alkyl halides is 1. The van der Waals surface area contributed by atoms with Gasteiger partial charge in [-0.2, -0.15) is 0 Å². The normalized spacial score (nSPS) is 9.18. The second kappa shape index (κ2) is 4.04. The van der Waals surface area contributed by atoms with Gasteiger partial charge >= 0.3 is 0 Å². The third-order valence-electron chi connectivity index (χ3n) is 1.35. The van der Waals surface area contributed by atoms with Crippen molar-refractivity contribution in [2.24, 2.45) is 0 Å². The first-order chi connectivity index (χ1) is 5.38. The fourth-order valence-electron chi connectivity index (χ4n) is 0.839. The first kappa shape index (κ1) is 8.15. The van der Waals surface area contributed by atoms with Crippen molar-refractivity contribution in [3.63, 3.8) is 0 Å². The maximum Gasteiger partial charge on any atom is 0.162 e. The summed E-state index contributed by atoms with van der Waals surface area (Å²) in [5.41, 5.74) is 0.966. The minimum atomic E-state index is 0.171. The standard InChI is InChI=1S/C9H9ClO/c1-2-8-5-3-4-6-9(8)11-7-10/h2-6H,1,7H2. The second-order valence-electron chi connectivity index (χ2n) is 2.00. The Morgan fingerprint density at radius 3 is 2.82 bits per heavy atom. The van der Waals surface area contributed by atoms with Crippen LogP contribution in [0.3, 0.4) is 0 Å². The lowest BCUT2D eigenvalue weighted by Crippen LogP contribution is -1.90. The molecule has 1 aromatic rings. The van der Waals surface area contributed by atoms with E-state index in [9.17, 15) is 0 Å². The summed E-state index contributed by atoms with van der Waals surface area (Å²) in [6, 6.07) is 7.78. The van der Waals surface area contributed by atoms with E-state index in [0.717, 1.165) is 11.3 Å². The van der Waals surface area contributed by atoms with Crippen LogP contribution in [0.15, 0.2) is 30.8 Å². The van der Waals surface area contributed by atoms with Crippen molar-refractivity contribution in [3.8, 4) is 5.75 Å². The van der Waals surface area contributed by atoms with Gasteiger partial charge in [0.1, 0.15) is 5.75 Å². The van der Waals surface area contributed by atoms with E-state index >= 15 is 0 Å². The maximum atomic E-state index is 5.41. The molecular formula is C9H9ClO. The van der Waals surface area contributed by atoms with Crippen LogP contribution in [0.4, 0.5) is 0 Å². The topological polar surface area (TPSA) is 9.23 Å². The Balaban J connectivity index is 2.92. The molecule has 0 atom stereocenters. The van der Waals surface area contributed by atoms with Crippen LogP contribution in [-0.4, -0.2) is 6.07 Å².